The van der Waals surface area contributed by atoms with E-state index in [1.54, 1.807) is 0 Å². The van der Waals surface area contributed by atoms with Crippen molar-refractivity contribution >= 4 is 11.9 Å². The highest BCUT2D eigenvalue weighted by Gasteiger charge is 2.57. The lowest BCUT2D eigenvalue weighted by molar-refractivity contribution is -0.154. The monoisotopic (exact) mass is 308 g/mol. The Labute approximate surface area is 133 Å². The molecule has 0 spiro atoms. The van der Waals surface area contributed by atoms with Crippen LogP contribution >= 0.6 is 0 Å². The van der Waals surface area contributed by atoms with E-state index in [9.17, 15) is 14.7 Å². The summed E-state index contributed by atoms with van der Waals surface area (Å²) < 4.78 is 5.51. The van der Waals surface area contributed by atoms with Gasteiger partial charge in [0.25, 0.3) is 0 Å². The molecule has 2 aromatic rings. The van der Waals surface area contributed by atoms with E-state index in [0.29, 0.717) is 0 Å². The average Bonchev–Trinajstić information content (AvgIpc) is 2.54. The average molecular weight is 308 g/mol. The first-order chi connectivity index (χ1) is 11.1. The van der Waals surface area contributed by atoms with Crippen LogP contribution in [0, 0.1) is 0 Å². The smallest absolute Gasteiger partial charge is 0.318 e. The van der Waals surface area contributed by atoms with Crippen LogP contribution in [0.2, 0.25) is 0 Å². The summed E-state index contributed by atoms with van der Waals surface area (Å²) in [5, 5.41) is 10.1. The maximum absolute atomic E-state index is 12.3. The number of carbonyl (C=O) groups excluding carboxylic acids is 1. The zero-order chi connectivity index (χ0) is 16.2. The van der Waals surface area contributed by atoms with Gasteiger partial charge in [0.15, 0.2) is 0 Å². The van der Waals surface area contributed by atoms with Gasteiger partial charge in [0.1, 0.15) is 11.5 Å². The van der Waals surface area contributed by atoms with E-state index in [1.807, 2.05) is 48.5 Å². The molecule has 0 amide bonds. The zero-order valence-corrected chi connectivity index (χ0v) is 12.7. The summed E-state index contributed by atoms with van der Waals surface area (Å²) in [5.41, 5.74) is 2.39. The quantitative estimate of drug-likeness (QED) is 0.867. The molecule has 0 heterocycles. The Balaban J connectivity index is 2.04. The summed E-state index contributed by atoms with van der Waals surface area (Å²) in [4.78, 5) is 23.9. The molecule has 0 radical (unpaired) electrons. The lowest BCUT2D eigenvalue weighted by Crippen LogP contribution is -2.52. The highest BCUT2D eigenvalue weighted by Crippen LogP contribution is 2.57. The van der Waals surface area contributed by atoms with E-state index in [4.69, 9.17) is 4.74 Å². The summed E-state index contributed by atoms with van der Waals surface area (Å²) in [6.45, 7) is 1.37. The molecule has 5 rings (SSSR count). The molecule has 1 unspecified atom stereocenters. The van der Waals surface area contributed by atoms with Gasteiger partial charge in [-0.05, 0) is 22.3 Å². The number of rotatable bonds is 2. The van der Waals surface area contributed by atoms with Crippen molar-refractivity contribution in [3.63, 3.8) is 0 Å². The molecule has 4 nitrogen and oxygen atoms in total. The topological polar surface area (TPSA) is 63.6 Å². The van der Waals surface area contributed by atoms with Gasteiger partial charge in [0.05, 0.1) is 0 Å². The van der Waals surface area contributed by atoms with Crippen molar-refractivity contribution in [1.29, 1.82) is 0 Å². The Morgan fingerprint density at radius 1 is 1.04 bits per heavy atom. The zero-order valence-electron chi connectivity index (χ0n) is 12.7. The van der Waals surface area contributed by atoms with E-state index in [1.165, 1.54) is 6.92 Å². The molecule has 2 aromatic carbocycles. The van der Waals surface area contributed by atoms with Crippen LogP contribution in [0.3, 0.4) is 0 Å². The van der Waals surface area contributed by atoms with Crippen LogP contribution in [0.15, 0.2) is 48.5 Å². The van der Waals surface area contributed by atoms with E-state index in [2.05, 4.69) is 0 Å². The first-order valence-electron chi connectivity index (χ1n) is 7.65. The minimum absolute atomic E-state index is 0.104. The van der Waals surface area contributed by atoms with Crippen molar-refractivity contribution in [3.8, 4) is 0 Å². The van der Waals surface area contributed by atoms with Gasteiger partial charge in [-0.2, -0.15) is 0 Å². The van der Waals surface area contributed by atoms with Gasteiger partial charge in [-0.25, -0.2) is 0 Å². The van der Waals surface area contributed by atoms with E-state index in [-0.39, 0.29) is 18.3 Å². The second-order valence-corrected chi connectivity index (χ2v) is 6.21. The van der Waals surface area contributed by atoms with Gasteiger partial charge >= 0.3 is 11.9 Å². The maximum atomic E-state index is 12.3. The molecule has 3 aliphatic carbocycles. The lowest BCUT2D eigenvalue weighted by Gasteiger charge is -2.50. The SMILES string of the molecule is CC(=O)OC1CC2(C(=O)O)c3ccccc3C1c1ccccc12. The number of carbonyl (C=O) groups is 2. The summed E-state index contributed by atoms with van der Waals surface area (Å²) in [6, 6.07) is 15.2. The van der Waals surface area contributed by atoms with Crippen molar-refractivity contribution in [2.75, 3.05) is 0 Å². The van der Waals surface area contributed by atoms with Crippen molar-refractivity contribution in [1.82, 2.24) is 0 Å². The number of fused-ring (bicyclic) bond motifs is 1. The standard InChI is InChI=1S/C19H16O4/c1-11(20)23-16-10-19(18(21)22)14-8-4-2-6-12(14)17(16)13-7-3-5-9-15(13)19/h2-9,16-17H,10H2,1H3,(H,21,22). The summed E-state index contributed by atoms with van der Waals surface area (Å²) >= 11 is 0. The van der Waals surface area contributed by atoms with Crippen LogP contribution in [-0.2, 0) is 19.7 Å². The number of esters is 1. The van der Waals surface area contributed by atoms with Crippen molar-refractivity contribution in [2.45, 2.75) is 30.8 Å². The van der Waals surface area contributed by atoms with Gasteiger partial charge in [-0.15, -0.1) is 0 Å². The molecule has 0 saturated carbocycles. The summed E-state index contributed by atoms with van der Waals surface area (Å²) in [7, 11) is 0. The van der Waals surface area contributed by atoms with E-state index >= 15 is 0 Å². The number of ether oxygens (including phenoxy) is 1. The van der Waals surface area contributed by atoms with Crippen molar-refractivity contribution in [2.24, 2.45) is 0 Å². The third-order valence-electron chi connectivity index (χ3n) is 5.07. The third-order valence-corrected chi connectivity index (χ3v) is 5.07. The lowest BCUT2D eigenvalue weighted by atomic mass is 9.54. The fourth-order valence-corrected chi connectivity index (χ4v) is 4.31. The summed E-state index contributed by atoms with van der Waals surface area (Å²) in [6.07, 6.45) is -0.172. The van der Waals surface area contributed by atoms with Gasteiger partial charge in [0, 0.05) is 19.3 Å². The highest BCUT2D eigenvalue weighted by atomic mass is 16.5. The molecule has 0 saturated heterocycles. The Bertz CT molecular complexity index is 776. The third kappa shape index (κ3) is 1.72. The molecule has 2 bridgehead atoms. The predicted octanol–water partition coefficient (Wildman–Crippen LogP) is 2.84. The van der Waals surface area contributed by atoms with Crippen LogP contribution in [0.25, 0.3) is 0 Å². The minimum atomic E-state index is -1.15. The molecule has 0 aromatic heterocycles. The van der Waals surface area contributed by atoms with Gasteiger partial charge in [-0.1, -0.05) is 48.5 Å². The summed E-state index contributed by atoms with van der Waals surface area (Å²) in [5.74, 6) is -1.38. The molecule has 0 fully saturated rings. The first-order valence-corrected chi connectivity index (χ1v) is 7.65. The minimum Gasteiger partial charge on any atom is -0.480 e. The van der Waals surface area contributed by atoms with Crippen molar-refractivity contribution < 1.29 is 19.4 Å². The molecule has 1 atom stereocenters. The maximum Gasteiger partial charge on any atom is 0.318 e. The van der Waals surface area contributed by atoms with E-state index < -0.39 is 17.5 Å². The number of aliphatic carboxylic acids is 1. The van der Waals surface area contributed by atoms with Crippen LogP contribution < -0.4 is 0 Å². The highest BCUT2D eigenvalue weighted by molar-refractivity contribution is 5.90. The second kappa shape index (κ2) is 4.69. The normalized spacial score (nSPS) is 27.0. The Morgan fingerprint density at radius 3 is 2.04 bits per heavy atom. The number of carboxylic acids is 1. The molecule has 3 aliphatic rings. The fourth-order valence-electron chi connectivity index (χ4n) is 4.31. The number of hydrogen-bond acceptors (Lipinski definition) is 3. The fraction of sp³-hybridized carbons (Fsp3) is 0.263. The number of benzene rings is 2. The molecule has 116 valence electrons. The van der Waals surface area contributed by atoms with Crippen LogP contribution in [0.4, 0.5) is 0 Å². The molecule has 4 heteroatoms. The van der Waals surface area contributed by atoms with Crippen molar-refractivity contribution in [3.05, 3.63) is 70.8 Å². The van der Waals surface area contributed by atoms with Gasteiger partial charge in [0.2, 0.25) is 0 Å². The number of carboxylic acid groups (broad SMARTS) is 1. The molecular formula is C19H16O4. The van der Waals surface area contributed by atoms with Gasteiger partial charge in [-0.3, -0.25) is 9.59 Å². The molecule has 0 aliphatic heterocycles. The largest absolute Gasteiger partial charge is 0.480 e. The van der Waals surface area contributed by atoms with Gasteiger partial charge < -0.3 is 9.84 Å². The predicted molar refractivity (Wildman–Crippen MR) is 83.3 cm³/mol. The number of hydrogen-bond donors (Lipinski definition) is 1. The Kier molecular flexibility index (Phi) is 2.85. The van der Waals surface area contributed by atoms with E-state index in [0.717, 1.165) is 22.3 Å². The first kappa shape index (κ1) is 14.0. The second-order valence-electron chi connectivity index (χ2n) is 6.21. The molecular weight excluding hydrogens is 292 g/mol. The molecule has 23 heavy (non-hydrogen) atoms. The van der Waals surface area contributed by atoms with Crippen LogP contribution in [0.5, 0.6) is 0 Å². The Morgan fingerprint density at radius 2 is 1.57 bits per heavy atom. The van der Waals surface area contributed by atoms with Crippen LogP contribution in [0.1, 0.15) is 41.5 Å². The Hall–Kier alpha value is -2.62. The molecule has 1 N–H and O–H groups in total. The van der Waals surface area contributed by atoms with Crippen LogP contribution in [-0.4, -0.2) is 23.1 Å².